The number of fused-ring (bicyclic) bond motifs is 1. The minimum Gasteiger partial charge on any atom is -0.383 e. The van der Waals surface area contributed by atoms with Crippen molar-refractivity contribution < 1.29 is 4.74 Å². The molecule has 2 fully saturated rings. The van der Waals surface area contributed by atoms with Gasteiger partial charge in [0, 0.05) is 20.2 Å². The molecule has 0 aromatic carbocycles. The molecule has 0 spiro atoms. The Kier molecular flexibility index (Phi) is 4.48. The summed E-state index contributed by atoms with van der Waals surface area (Å²) in [6, 6.07) is 0. The van der Waals surface area contributed by atoms with Crippen molar-refractivity contribution in [3.05, 3.63) is 0 Å². The molecule has 2 nitrogen and oxygen atoms in total. The summed E-state index contributed by atoms with van der Waals surface area (Å²) >= 11 is 0. The Morgan fingerprint density at radius 3 is 2.59 bits per heavy atom. The Bertz CT molecular complexity index is 229. The fourth-order valence-corrected chi connectivity index (χ4v) is 3.57. The van der Waals surface area contributed by atoms with Crippen molar-refractivity contribution in [3.8, 4) is 0 Å². The first-order valence-electron chi connectivity index (χ1n) is 7.35. The van der Waals surface area contributed by atoms with Gasteiger partial charge < -0.3 is 10.1 Å². The van der Waals surface area contributed by atoms with Crippen LogP contribution in [0, 0.1) is 23.2 Å². The van der Waals surface area contributed by atoms with Gasteiger partial charge in [-0.15, -0.1) is 0 Å². The molecule has 0 aromatic heterocycles. The highest BCUT2D eigenvalue weighted by Gasteiger charge is 2.52. The smallest absolute Gasteiger partial charge is 0.0587 e. The Balaban J connectivity index is 1.76. The van der Waals surface area contributed by atoms with Crippen LogP contribution in [0.5, 0.6) is 0 Å². The number of hydrogen-bond donors (Lipinski definition) is 1. The largest absolute Gasteiger partial charge is 0.383 e. The van der Waals surface area contributed by atoms with Gasteiger partial charge in [-0.1, -0.05) is 20.3 Å². The van der Waals surface area contributed by atoms with Crippen molar-refractivity contribution in [2.75, 3.05) is 26.8 Å². The lowest BCUT2D eigenvalue weighted by Gasteiger charge is -2.32. The van der Waals surface area contributed by atoms with Gasteiger partial charge in [-0.3, -0.25) is 0 Å². The number of nitrogens with one attached hydrogen (secondary N) is 1. The van der Waals surface area contributed by atoms with E-state index in [0.29, 0.717) is 5.41 Å². The first-order chi connectivity index (χ1) is 8.15. The van der Waals surface area contributed by atoms with Crippen molar-refractivity contribution in [2.45, 2.75) is 46.0 Å². The fourth-order valence-electron chi connectivity index (χ4n) is 3.57. The average molecular weight is 239 g/mol. The number of ether oxygens (including phenoxy) is 1. The Morgan fingerprint density at radius 2 is 2.00 bits per heavy atom. The van der Waals surface area contributed by atoms with Crippen LogP contribution in [-0.4, -0.2) is 26.8 Å². The van der Waals surface area contributed by atoms with Crippen LogP contribution in [0.15, 0.2) is 0 Å². The molecule has 2 atom stereocenters. The third-order valence-corrected chi connectivity index (χ3v) is 4.69. The van der Waals surface area contributed by atoms with Crippen LogP contribution in [0.25, 0.3) is 0 Å². The maximum absolute atomic E-state index is 5.11. The highest BCUT2D eigenvalue weighted by Crippen LogP contribution is 2.61. The lowest BCUT2D eigenvalue weighted by Crippen LogP contribution is -2.35. The molecular weight excluding hydrogens is 210 g/mol. The zero-order valence-corrected chi connectivity index (χ0v) is 11.8. The molecule has 0 amide bonds. The van der Waals surface area contributed by atoms with E-state index in [2.05, 4.69) is 19.2 Å². The second-order valence-corrected chi connectivity index (χ2v) is 6.77. The monoisotopic (exact) mass is 239 g/mol. The van der Waals surface area contributed by atoms with Gasteiger partial charge in [-0.25, -0.2) is 0 Å². The van der Waals surface area contributed by atoms with Gasteiger partial charge >= 0.3 is 0 Å². The van der Waals surface area contributed by atoms with Crippen LogP contribution < -0.4 is 5.32 Å². The molecule has 0 bridgehead atoms. The van der Waals surface area contributed by atoms with Crippen molar-refractivity contribution in [1.29, 1.82) is 0 Å². The summed E-state index contributed by atoms with van der Waals surface area (Å²) in [5.41, 5.74) is 0.631. The molecule has 2 unspecified atom stereocenters. The third-order valence-electron chi connectivity index (χ3n) is 4.69. The zero-order chi connectivity index (χ0) is 12.3. The van der Waals surface area contributed by atoms with Crippen LogP contribution in [0.1, 0.15) is 46.0 Å². The third kappa shape index (κ3) is 3.69. The molecule has 0 saturated heterocycles. The topological polar surface area (TPSA) is 21.3 Å². The van der Waals surface area contributed by atoms with Crippen molar-refractivity contribution in [2.24, 2.45) is 23.2 Å². The Labute approximate surface area is 107 Å². The molecule has 0 radical (unpaired) electrons. The van der Waals surface area contributed by atoms with E-state index < -0.39 is 0 Å². The van der Waals surface area contributed by atoms with Crippen LogP contribution in [0.2, 0.25) is 0 Å². The molecule has 100 valence electrons. The van der Waals surface area contributed by atoms with E-state index in [1.807, 2.05) is 0 Å². The molecule has 17 heavy (non-hydrogen) atoms. The Morgan fingerprint density at radius 1 is 1.29 bits per heavy atom. The van der Waals surface area contributed by atoms with Gasteiger partial charge in [-0.2, -0.15) is 0 Å². The number of methoxy groups -OCH3 is 1. The second kappa shape index (κ2) is 5.71. The van der Waals surface area contributed by atoms with E-state index in [9.17, 15) is 0 Å². The SMILES string of the molecule is COCCNCC1(CCC(C)C)CC2CC2C1. The Hall–Kier alpha value is -0.0800. The summed E-state index contributed by atoms with van der Waals surface area (Å²) in [6.45, 7) is 7.77. The fraction of sp³-hybridized carbons (Fsp3) is 1.00. The van der Waals surface area contributed by atoms with Gasteiger partial charge in [0.15, 0.2) is 0 Å². The maximum Gasteiger partial charge on any atom is 0.0587 e. The predicted molar refractivity (Wildman–Crippen MR) is 72.1 cm³/mol. The van der Waals surface area contributed by atoms with E-state index >= 15 is 0 Å². The predicted octanol–water partition coefficient (Wildman–Crippen LogP) is 3.07. The molecule has 2 saturated carbocycles. The number of rotatable bonds is 8. The number of hydrogen-bond acceptors (Lipinski definition) is 2. The molecule has 2 heteroatoms. The van der Waals surface area contributed by atoms with Gasteiger partial charge in [0.25, 0.3) is 0 Å². The summed E-state index contributed by atoms with van der Waals surface area (Å²) < 4.78 is 5.11. The highest BCUT2D eigenvalue weighted by atomic mass is 16.5. The van der Waals surface area contributed by atoms with E-state index in [1.165, 1.54) is 38.6 Å². The van der Waals surface area contributed by atoms with E-state index in [4.69, 9.17) is 4.74 Å². The van der Waals surface area contributed by atoms with Gasteiger partial charge in [0.1, 0.15) is 0 Å². The first-order valence-corrected chi connectivity index (χ1v) is 7.35. The zero-order valence-electron chi connectivity index (χ0n) is 11.8. The summed E-state index contributed by atoms with van der Waals surface area (Å²) in [7, 11) is 1.78. The molecule has 2 aliphatic rings. The van der Waals surface area contributed by atoms with Gasteiger partial charge in [0.05, 0.1) is 6.61 Å². The molecule has 2 rings (SSSR count). The minimum absolute atomic E-state index is 0.631. The lowest BCUT2D eigenvalue weighted by molar-refractivity contribution is 0.178. The van der Waals surface area contributed by atoms with E-state index in [1.54, 1.807) is 7.11 Å². The first kappa shape index (κ1) is 13.4. The van der Waals surface area contributed by atoms with Crippen LogP contribution in [0.3, 0.4) is 0 Å². The molecular formula is C15H29NO. The average Bonchev–Trinajstić information content (AvgIpc) is 2.91. The van der Waals surface area contributed by atoms with Crippen LogP contribution >= 0.6 is 0 Å². The second-order valence-electron chi connectivity index (χ2n) is 6.77. The van der Waals surface area contributed by atoms with Gasteiger partial charge in [0.2, 0.25) is 0 Å². The maximum atomic E-state index is 5.11. The van der Waals surface area contributed by atoms with E-state index in [-0.39, 0.29) is 0 Å². The van der Waals surface area contributed by atoms with Gasteiger partial charge in [-0.05, 0) is 48.9 Å². The van der Waals surface area contributed by atoms with Crippen molar-refractivity contribution in [1.82, 2.24) is 5.32 Å². The van der Waals surface area contributed by atoms with E-state index in [0.717, 1.165) is 30.9 Å². The van der Waals surface area contributed by atoms with Crippen LogP contribution in [-0.2, 0) is 4.74 Å². The summed E-state index contributed by atoms with van der Waals surface area (Å²) in [5, 5.41) is 3.61. The summed E-state index contributed by atoms with van der Waals surface area (Å²) in [6.07, 6.45) is 7.33. The van der Waals surface area contributed by atoms with Crippen molar-refractivity contribution in [3.63, 3.8) is 0 Å². The van der Waals surface area contributed by atoms with Crippen molar-refractivity contribution >= 4 is 0 Å². The quantitative estimate of drug-likeness (QED) is 0.657. The normalized spacial score (nSPS) is 35.3. The standard InChI is InChI=1S/C15H29NO/c1-12(2)4-5-15(11-16-6-7-17-3)9-13-8-14(13)10-15/h12-14,16H,4-11H2,1-3H3. The lowest BCUT2D eigenvalue weighted by atomic mass is 9.77. The molecule has 0 aromatic rings. The minimum atomic E-state index is 0.631. The molecule has 2 aliphatic carbocycles. The van der Waals surface area contributed by atoms with Crippen LogP contribution in [0.4, 0.5) is 0 Å². The molecule has 0 heterocycles. The summed E-state index contributed by atoms with van der Waals surface area (Å²) in [5.74, 6) is 3.03. The highest BCUT2D eigenvalue weighted by molar-refractivity contribution is 5.04. The molecule has 1 N–H and O–H groups in total. The summed E-state index contributed by atoms with van der Waals surface area (Å²) in [4.78, 5) is 0. The molecule has 0 aliphatic heterocycles.